The van der Waals surface area contributed by atoms with Crippen molar-refractivity contribution in [2.45, 2.75) is 20.0 Å². The van der Waals surface area contributed by atoms with Crippen molar-refractivity contribution in [1.82, 2.24) is 9.97 Å². The van der Waals surface area contributed by atoms with E-state index in [2.05, 4.69) is 15.3 Å². The van der Waals surface area contributed by atoms with Crippen LogP contribution in [0, 0.1) is 12.7 Å². The normalized spacial score (nSPS) is 10.5. The van der Waals surface area contributed by atoms with Crippen LogP contribution in [0.15, 0.2) is 60.8 Å². The number of hydrogen-bond donors (Lipinski definition) is 1. The lowest BCUT2D eigenvalue weighted by molar-refractivity contribution is 0.280. The molecule has 3 aromatic rings. The smallest absolute Gasteiger partial charge is 0.318 e. The molecule has 2 aromatic carbocycles. The second-order valence-electron chi connectivity index (χ2n) is 5.79. The number of nitrogens with zero attached hydrogens (tertiary/aromatic N) is 2. The molecule has 0 bridgehead atoms. The Balaban J connectivity index is 1.57. The summed E-state index contributed by atoms with van der Waals surface area (Å²) in [6, 6.07) is 18.2. The van der Waals surface area contributed by atoms with Crippen LogP contribution in [0.2, 0.25) is 0 Å². The number of aryl methyl sites for hydroxylation is 1. The Morgan fingerprint density at radius 1 is 1.00 bits per heavy atom. The molecule has 0 saturated heterocycles. The van der Waals surface area contributed by atoms with Crippen LogP contribution >= 0.6 is 0 Å². The number of aromatic nitrogens is 2. The van der Waals surface area contributed by atoms with E-state index < -0.39 is 5.82 Å². The van der Waals surface area contributed by atoms with Gasteiger partial charge >= 0.3 is 6.01 Å². The fourth-order valence-electron chi connectivity index (χ4n) is 2.35. The third-order valence-electron chi connectivity index (χ3n) is 3.76. The molecule has 0 fully saturated rings. The van der Waals surface area contributed by atoms with Crippen LogP contribution in [0.5, 0.6) is 6.01 Å². The Hall–Kier alpha value is -2.95. The first-order chi connectivity index (χ1) is 12.2. The van der Waals surface area contributed by atoms with E-state index in [-0.39, 0.29) is 11.8 Å². The average molecular weight is 337 g/mol. The summed E-state index contributed by atoms with van der Waals surface area (Å²) < 4.78 is 19.4. The monoisotopic (exact) mass is 337 g/mol. The van der Waals surface area contributed by atoms with E-state index in [9.17, 15) is 4.39 Å². The molecule has 0 unspecified atom stereocenters. The number of nitrogens with one attached hydrogen (secondary N) is 1. The summed E-state index contributed by atoms with van der Waals surface area (Å²) in [6.07, 6.45) is 1.91. The maximum atomic E-state index is 13.9. The molecule has 0 aliphatic rings. The molecule has 5 heteroatoms. The zero-order chi connectivity index (χ0) is 17.5. The summed E-state index contributed by atoms with van der Waals surface area (Å²) in [5.74, 6) is -0.333. The van der Waals surface area contributed by atoms with Crippen LogP contribution in [-0.4, -0.2) is 16.5 Å². The highest BCUT2D eigenvalue weighted by molar-refractivity contribution is 5.36. The lowest BCUT2D eigenvalue weighted by Gasteiger charge is -2.09. The van der Waals surface area contributed by atoms with E-state index in [1.54, 1.807) is 0 Å². The highest BCUT2D eigenvalue weighted by atomic mass is 19.1. The molecule has 1 heterocycles. The van der Waals surface area contributed by atoms with E-state index in [0.717, 1.165) is 18.2 Å². The summed E-state index contributed by atoms with van der Waals surface area (Å²) in [4.78, 5) is 8.01. The van der Waals surface area contributed by atoms with Crippen LogP contribution in [0.4, 0.5) is 10.2 Å². The van der Waals surface area contributed by atoms with E-state index in [1.165, 1.54) is 11.1 Å². The Labute approximate surface area is 146 Å². The van der Waals surface area contributed by atoms with Gasteiger partial charge in [-0.1, -0.05) is 60.2 Å². The Morgan fingerprint density at radius 3 is 2.52 bits per heavy atom. The lowest BCUT2D eigenvalue weighted by Crippen LogP contribution is -2.10. The first-order valence-corrected chi connectivity index (χ1v) is 8.19. The van der Waals surface area contributed by atoms with Crippen molar-refractivity contribution in [3.8, 4) is 6.01 Å². The molecule has 0 spiro atoms. The minimum absolute atomic E-state index is 0.157. The molecular formula is C20H20FN3O. The highest BCUT2D eigenvalue weighted by Gasteiger charge is 2.08. The average Bonchev–Trinajstić information content (AvgIpc) is 2.64. The van der Waals surface area contributed by atoms with Crippen molar-refractivity contribution in [2.24, 2.45) is 0 Å². The third-order valence-corrected chi connectivity index (χ3v) is 3.76. The highest BCUT2D eigenvalue weighted by Crippen LogP contribution is 2.15. The van der Waals surface area contributed by atoms with Gasteiger partial charge in [0.1, 0.15) is 6.61 Å². The molecule has 128 valence electrons. The Bertz CT molecular complexity index is 807. The second-order valence-corrected chi connectivity index (χ2v) is 5.79. The van der Waals surface area contributed by atoms with Crippen LogP contribution in [-0.2, 0) is 13.0 Å². The van der Waals surface area contributed by atoms with Crippen molar-refractivity contribution in [3.63, 3.8) is 0 Å². The van der Waals surface area contributed by atoms with Gasteiger partial charge in [-0.05, 0) is 24.5 Å². The number of rotatable bonds is 7. The van der Waals surface area contributed by atoms with Gasteiger partial charge in [0, 0.05) is 6.54 Å². The molecule has 0 aliphatic carbocycles. The molecule has 25 heavy (non-hydrogen) atoms. The summed E-state index contributed by atoms with van der Waals surface area (Å²) in [5, 5.41) is 3.00. The van der Waals surface area contributed by atoms with Gasteiger partial charge in [0.25, 0.3) is 0 Å². The van der Waals surface area contributed by atoms with Gasteiger partial charge in [0.15, 0.2) is 11.6 Å². The minimum atomic E-state index is -0.490. The second kappa shape index (κ2) is 8.24. The van der Waals surface area contributed by atoms with Crippen LogP contribution in [0.1, 0.15) is 16.7 Å². The van der Waals surface area contributed by atoms with Gasteiger partial charge in [0.2, 0.25) is 0 Å². The van der Waals surface area contributed by atoms with Gasteiger partial charge in [-0.25, -0.2) is 9.37 Å². The number of halogens is 1. The van der Waals surface area contributed by atoms with Gasteiger partial charge in [0.05, 0.1) is 6.20 Å². The molecule has 4 nitrogen and oxygen atoms in total. The predicted octanol–water partition coefficient (Wildman–Crippen LogP) is 4.16. The molecule has 0 radical (unpaired) electrons. The van der Waals surface area contributed by atoms with Crippen molar-refractivity contribution in [3.05, 3.63) is 83.3 Å². The molecule has 0 aliphatic heterocycles. The summed E-state index contributed by atoms with van der Waals surface area (Å²) >= 11 is 0. The van der Waals surface area contributed by atoms with Gasteiger partial charge in [-0.3, -0.25) is 0 Å². The standard InChI is InChI=1S/C20H20FN3O/c1-15-7-9-17(10-8-15)14-25-20-23-13-18(21)19(24-20)22-12-11-16-5-3-2-4-6-16/h2-10,13H,11-12,14H2,1H3,(H,22,23,24). The van der Waals surface area contributed by atoms with Crippen molar-refractivity contribution < 1.29 is 9.13 Å². The van der Waals surface area contributed by atoms with Crippen LogP contribution in [0.25, 0.3) is 0 Å². The first-order valence-electron chi connectivity index (χ1n) is 8.19. The topological polar surface area (TPSA) is 47.0 Å². The first kappa shape index (κ1) is 16.9. The fraction of sp³-hybridized carbons (Fsp3) is 0.200. The predicted molar refractivity (Wildman–Crippen MR) is 96.1 cm³/mol. The Morgan fingerprint density at radius 2 is 1.76 bits per heavy atom. The van der Waals surface area contributed by atoms with Crippen molar-refractivity contribution in [1.29, 1.82) is 0 Å². The zero-order valence-corrected chi connectivity index (χ0v) is 14.1. The molecular weight excluding hydrogens is 317 g/mol. The van der Waals surface area contributed by atoms with Gasteiger partial charge < -0.3 is 10.1 Å². The number of ether oxygens (including phenoxy) is 1. The third kappa shape index (κ3) is 5.01. The SMILES string of the molecule is Cc1ccc(COc2ncc(F)c(NCCc3ccccc3)n2)cc1. The summed E-state index contributed by atoms with van der Waals surface area (Å²) in [5.41, 5.74) is 3.38. The quantitative estimate of drug-likeness (QED) is 0.703. The fourth-order valence-corrected chi connectivity index (χ4v) is 2.35. The minimum Gasteiger partial charge on any atom is -0.459 e. The van der Waals surface area contributed by atoms with E-state index in [0.29, 0.717) is 13.2 Å². The summed E-state index contributed by atoms with van der Waals surface area (Å²) in [7, 11) is 0. The van der Waals surface area contributed by atoms with Gasteiger partial charge in [-0.15, -0.1) is 0 Å². The summed E-state index contributed by atoms with van der Waals surface area (Å²) in [6.45, 7) is 2.95. The maximum Gasteiger partial charge on any atom is 0.318 e. The molecule has 3 rings (SSSR count). The van der Waals surface area contributed by atoms with E-state index >= 15 is 0 Å². The van der Waals surface area contributed by atoms with Crippen LogP contribution < -0.4 is 10.1 Å². The van der Waals surface area contributed by atoms with Crippen molar-refractivity contribution in [2.75, 3.05) is 11.9 Å². The molecule has 0 saturated carbocycles. The van der Waals surface area contributed by atoms with Crippen LogP contribution in [0.3, 0.4) is 0 Å². The number of benzene rings is 2. The van der Waals surface area contributed by atoms with Crippen molar-refractivity contribution >= 4 is 5.82 Å². The largest absolute Gasteiger partial charge is 0.459 e. The van der Waals surface area contributed by atoms with E-state index in [1.807, 2.05) is 61.5 Å². The molecule has 1 N–H and O–H groups in total. The number of hydrogen-bond acceptors (Lipinski definition) is 4. The Kier molecular flexibility index (Phi) is 5.57. The molecule has 0 amide bonds. The molecule has 0 atom stereocenters. The van der Waals surface area contributed by atoms with E-state index in [4.69, 9.17) is 4.74 Å². The zero-order valence-electron chi connectivity index (χ0n) is 14.1. The van der Waals surface area contributed by atoms with Gasteiger partial charge in [-0.2, -0.15) is 4.98 Å². The number of anilines is 1. The molecule has 1 aromatic heterocycles. The maximum absolute atomic E-state index is 13.9. The lowest BCUT2D eigenvalue weighted by atomic mass is 10.1.